The molecule has 0 bridgehead atoms. The van der Waals surface area contributed by atoms with E-state index in [4.69, 9.17) is 0 Å². The molecule has 1 aliphatic rings. The average molecular weight is 321 g/mol. The highest BCUT2D eigenvalue weighted by Gasteiger charge is 2.37. The molecule has 0 radical (unpaired) electrons. The molecule has 1 aliphatic carbocycles. The quantitative estimate of drug-likeness (QED) is 0.476. The lowest BCUT2D eigenvalue weighted by molar-refractivity contribution is 0.250. The van der Waals surface area contributed by atoms with Crippen molar-refractivity contribution in [2.75, 3.05) is 0 Å². The Bertz CT molecular complexity index is 534. The smallest absolute Gasteiger partial charge is 0.0203 e. The third-order valence-electron chi connectivity index (χ3n) is 6.08. The first-order valence-corrected chi connectivity index (χ1v) is 9.96. The van der Waals surface area contributed by atoms with Crippen molar-refractivity contribution in [2.45, 2.75) is 70.1 Å². The first-order valence-electron chi connectivity index (χ1n) is 9.96. The Morgan fingerprint density at radius 1 is 0.750 bits per heavy atom. The highest BCUT2D eigenvalue weighted by molar-refractivity contribution is 5.39. The van der Waals surface area contributed by atoms with E-state index in [1.165, 1.54) is 68.9 Å². The van der Waals surface area contributed by atoms with Gasteiger partial charge in [-0.05, 0) is 42.7 Å². The van der Waals surface area contributed by atoms with E-state index in [0.717, 1.165) is 5.92 Å². The lowest BCUT2D eigenvalue weighted by Crippen LogP contribution is -2.33. The van der Waals surface area contributed by atoms with Crippen LogP contribution in [0.5, 0.6) is 0 Å². The lowest BCUT2D eigenvalue weighted by atomic mass is 9.62. The Kier molecular flexibility index (Phi) is 6.12. The van der Waals surface area contributed by atoms with Gasteiger partial charge in [0.2, 0.25) is 0 Å². The number of rotatable bonds is 7. The second kappa shape index (κ2) is 8.51. The molecule has 0 heterocycles. The van der Waals surface area contributed by atoms with Crippen LogP contribution in [-0.2, 0) is 5.41 Å². The standard InChI is InChI=1S/C24H32/c1-2-3-4-7-12-21-17-19-24(20-18-21,22-13-8-5-9-14-22)23-15-10-6-11-16-23/h5-6,8-11,13-16,21H,2-4,7,12,17-20H2,1H3. The Labute approximate surface area is 148 Å². The Hall–Kier alpha value is -1.56. The largest absolute Gasteiger partial charge is 0.0654 e. The van der Waals surface area contributed by atoms with Gasteiger partial charge in [-0.3, -0.25) is 0 Å². The van der Waals surface area contributed by atoms with Crippen molar-refractivity contribution < 1.29 is 0 Å². The van der Waals surface area contributed by atoms with Crippen LogP contribution in [0.1, 0.15) is 75.8 Å². The summed E-state index contributed by atoms with van der Waals surface area (Å²) in [6.07, 6.45) is 12.4. The number of benzene rings is 2. The van der Waals surface area contributed by atoms with Crippen LogP contribution in [0.2, 0.25) is 0 Å². The van der Waals surface area contributed by atoms with Crippen LogP contribution in [0.3, 0.4) is 0 Å². The van der Waals surface area contributed by atoms with E-state index >= 15 is 0 Å². The molecular weight excluding hydrogens is 288 g/mol. The van der Waals surface area contributed by atoms with Crippen molar-refractivity contribution in [1.82, 2.24) is 0 Å². The molecule has 0 atom stereocenters. The van der Waals surface area contributed by atoms with Gasteiger partial charge in [0.25, 0.3) is 0 Å². The molecule has 0 aliphatic heterocycles. The van der Waals surface area contributed by atoms with Crippen LogP contribution >= 0.6 is 0 Å². The molecule has 2 aromatic carbocycles. The van der Waals surface area contributed by atoms with E-state index in [0.29, 0.717) is 0 Å². The van der Waals surface area contributed by atoms with Crippen molar-refractivity contribution >= 4 is 0 Å². The SMILES string of the molecule is CCCCCCC1CCC(c2ccccc2)(c2ccccc2)CC1. The molecule has 0 spiro atoms. The zero-order chi connectivity index (χ0) is 16.7. The average Bonchev–Trinajstić information content (AvgIpc) is 2.67. The Morgan fingerprint density at radius 2 is 1.29 bits per heavy atom. The van der Waals surface area contributed by atoms with Crippen LogP contribution in [0.15, 0.2) is 60.7 Å². The summed E-state index contributed by atoms with van der Waals surface area (Å²) in [7, 11) is 0. The maximum atomic E-state index is 2.34. The van der Waals surface area contributed by atoms with Crippen LogP contribution in [-0.4, -0.2) is 0 Å². The van der Waals surface area contributed by atoms with E-state index in [1.807, 2.05) is 0 Å². The molecule has 0 heteroatoms. The fraction of sp³-hybridized carbons (Fsp3) is 0.500. The van der Waals surface area contributed by atoms with E-state index in [2.05, 4.69) is 67.6 Å². The zero-order valence-corrected chi connectivity index (χ0v) is 15.2. The predicted molar refractivity (Wildman–Crippen MR) is 104 cm³/mol. The third-order valence-corrected chi connectivity index (χ3v) is 6.08. The van der Waals surface area contributed by atoms with Gasteiger partial charge in [0, 0.05) is 5.41 Å². The first-order chi connectivity index (χ1) is 11.8. The van der Waals surface area contributed by atoms with E-state index in [-0.39, 0.29) is 5.41 Å². The fourth-order valence-corrected chi connectivity index (χ4v) is 4.58. The fourth-order valence-electron chi connectivity index (χ4n) is 4.58. The molecule has 128 valence electrons. The summed E-state index contributed by atoms with van der Waals surface area (Å²) >= 11 is 0. The maximum absolute atomic E-state index is 2.34. The van der Waals surface area contributed by atoms with Crippen LogP contribution in [0, 0.1) is 5.92 Å². The monoisotopic (exact) mass is 320 g/mol. The summed E-state index contributed by atoms with van der Waals surface area (Å²) in [5, 5.41) is 0. The summed E-state index contributed by atoms with van der Waals surface area (Å²) in [5.41, 5.74) is 3.27. The van der Waals surface area contributed by atoms with Crippen LogP contribution in [0.25, 0.3) is 0 Å². The summed E-state index contributed by atoms with van der Waals surface area (Å²) in [6.45, 7) is 2.30. The van der Waals surface area contributed by atoms with Gasteiger partial charge in [0.1, 0.15) is 0 Å². The minimum Gasteiger partial charge on any atom is -0.0654 e. The van der Waals surface area contributed by atoms with E-state index in [9.17, 15) is 0 Å². The summed E-state index contributed by atoms with van der Waals surface area (Å²) < 4.78 is 0. The molecular formula is C24H32. The minimum atomic E-state index is 0.239. The molecule has 0 aromatic heterocycles. The molecule has 3 rings (SSSR count). The van der Waals surface area contributed by atoms with Gasteiger partial charge in [0.05, 0.1) is 0 Å². The molecule has 1 fully saturated rings. The summed E-state index contributed by atoms with van der Waals surface area (Å²) in [5.74, 6) is 0.947. The molecule has 0 N–H and O–H groups in total. The number of hydrogen-bond donors (Lipinski definition) is 0. The molecule has 0 saturated heterocycles. The third kappa shape index (κ3) is 3.91. The molecule has 24 heavy (non-hydrogen) atoms. The van der Waals surface area contributed by atoms with Gasteiger partial charge in [-0.25, -0.2) is 0 Å². The van der Waals surface area contributed by atoms with E-state index in [1.54, 1.807) is 0 Å². The van der Waals surface area contributed by atoms with Gasteiger partial charge < -0.3 is 0 Å². The zero-order valence-electron chi connectivity index (χ0n) is 15.2. The van der Waals surface area contributed by atoms with Crippen LogP contribution < -0.4 is 0 Å². The molecule has 1 saturated carbocycles. The van der Waals surface area contributed by atoms with Crippen molar-refractivity contribution in [3.05, 3.63) is 71.8 Å². The van der Waals surface area contributed by atoms with E-state index < -0.39 is 0 Å². The second-order valence-corrected chi connectivity index (χ2v) is 7.61. The molecule has 2 aromatic rings. The van der Waals surface area contributed by atoms with Gasteiger partial charge >= 0.3 is 0 Å². The molecule has 0 amide bonds. The Morgan fingerprint density at radius 3 is 1.79 bits per heavy atom. The molecule has 0 unspecified atom stereocenters. The van der Waals surface area contributed by atoms with Crippen molar-refractivity contribution in [2.24, 2.45) is 5.92 Å². The predicted octanol–water partition coefficient (Wildman–Crippen LogP) is 7.13. The lowest BCUT2D eigenvalue weighted by Gasteiger charge is -2.41. The molecule has 0 nitrogen and oxygen atoms in total. The number of unbranched alkanes of at least 4 members (excludes halogenated alkanes) is 3. The van der Waals surface area contributed by atoms with Crippen molar-refractivity contribution in [1.29, 1.82) is 0 Å². The Balaban J connectivity index is 1.73. The highest BCUT2D eigenvalue weighted by atomic mass is 14.4. The van der Waals surface area contributed by atoms with Crippen molar-refractivity contribution in [3.63, 3.8) is 0 Å². The summed E-state index contributed by atoms with van der Waals surface area (Å²) in [6, 6.07) is 22.5. The van der Waals surface area contributed by atoms with Gasteiger partial charge in [0.15, 0.2) is 0 Å². The first kappa shape index (κ1) is 17.3. The minimum absolute atomic E-state index is 0.239. The van der Waals surface area contributed by atoms with Gasteiger partial charge in [-0.2, -0.15) is 0 Å². The second-order valence-electron chi connectivity index (χ2n) is 7.61. The summed E-state index contributed by atoms with van der Waals surface area (Å²) in [4.78, 5) is 0. The maximum Gasteiger partial charge on any atom is 0.0203 e. The normalized spacial score (nSPS) is 17.7. The van der Waals surface area contributed by atoms with Crippen molar-refractivity contribution in [3.8, 4) is 0 Å². The topological polar surface area (TPSA) is 0 Å². The van der Waals surface area contributed by atoms with Gasteiger partial charge in [-0.15, -0.1) is 0 Å². The number of hydrogen-bond acceptors (Lipinski definition) is 0. The van der Waals surface area contributed by atoms with Crippen LogP contribution in [0.4, 0.5) is 0 Å². The van der Waals surface area contributed by atoms with Gasteiger partial charge in [-0.1, -0.05) is 99.7 Å². The highest BCUT2D eigenvalue weighted by Crippen LogP contribution is 2.47.